The van der Waals surface area contributed by atoms with Crippen LogP contribution in [-0.2, 0) is 13.7 Å². The normalized spacial score (nSPS) is 10.1. The van der Waals surface area contributed by atoms with E-state index in [1.165, 1.54) is 0 Å². The third kappa shape index (κ3) is 1.23. The standard InChI is InChI=1S/C5H7ClN2O/c1-8-2-4(6)5(3-9)7-8/h2,9H,3H2,1H3. The van der Waals surface area contributed by atoms with E-state index in [9.17, 15) is 0 Å². The molecule has 0 aromatic carbocycles. The zero-order valence-electron chi connectivity index (χ0n) is 5.00. The fourth-order valence-electron chi connectivity index (χ4n) is 0.613. The Morgan fingerprint density at radius 3 is 2.78 bits per heavy atom. The summed E-state index contributed by atoms with van der Waals surface area (Å²) in [6, 6.07) is 0. The molecule has 0 radical (unpaired) electrons. The van der Waals surface area contributed by atoms with Crippen molar-refractivity contribution >= 4 is 11.6 Å². The van der Waals surface area contributed by atoms with Crippen LogP contribution in [0.3, 0.4) is 0 Å². The van der Waals surface area contributed by atoms with Crippen molar-refractivity contribution < 1.29 is 5.11 Å². The van der Waals surface area contributed by atoms with Crippen LogP contribution in [0.25, 0.3) is 0 Å². The molecule has 0 atom stereocenters. The number of rotatable bonds is 1. The lowest BCUT2D eigenvalue weighted by Gasteiger charge is -1.84. The lowest BCUT2D eigenvalue weighted by Crippen LogP contribution is -1.89. The Kier molecular flexibility index (Phi) is 1.73. The van der Waals surface area contributed by atoms with Gasteiger partial charge >= 0.3 is 0 Å². The van der Waals surface area contributed by atoms with Crippen molar-refractivity contribution in [2.75, 3.05) is 0 Å². The van der Waals surface area contributed by atoms with Gasteiger partial charge in [-0.3, -0.25) is 4.68 Å². The van der Waals surface area contributed by atoms with E-state index in [0.717, 1.165) is 0 Å². The van der Waals surface area contributed by atoms with Gasteiger partial charge in [-0.2, -0.15) is 5.10 Å². The molecule has 0 saturated carbocycles. The van der Waals surface area contributed by atoms with Gasteiger partial charge in [0.1, 0.15) is 5.69 Å². The first-order valence-corrected chi connectivity index (χ1v) is 2.90. The third-order valence-electron chi connectivity index (χ3n) is 1.00. The molecule has 1 N–H and O–H groups in total. The highest BCUT2D eigenvalue weighted by molar-refractivity contribution is 6.31. The highest BCUT2D eigenvalue weighted by Gasteiger charge is 2.01. The molecule has 0 aliphatic carbocycles. The van der Waals surface area contributed by atoms with E-state index in [1.807, 2.05) is 0 Å². The Hall–Kier alpha value is -0.540. The van der Waals surface area contributed by atoms with Gasteiger partial charge in [0.25, 0.3) is 0 Å². The molecule has 0 aliphatic rings. The van der Waals surface area contributed by atoms with Crippen LogP contribution in [0, 0.1) is 0 Å². The van der Waals surface area contributed by atoms with Gasteiger partial charge in [-0.05, 0) is 0 Å². The molecule has 0 unspecified atom stereocenters. The minimum atomic E-state index is -0.0975. The van der Waals surface area contributed by atoms with E-state index in [0.29, 0.717) is 10.7 Å². The van der Waals surface area contributed by atoms with Crippen molar-refractivity contribution in [3.05, 3.63) is 16.9 Å². The summed E-state index contributed by atoms with van der Waals surface area (Å²) in [5.41, 5.74) is 0.527. The molecular formula is C5H7ClN2O. The molecule has 50 valence electrons. The third-order valence-corrected chi connectivity index (χ3v) is 1.32. The highest BCUT2D eigenvalue weighted by atomic mass is 35.5. The number of aliphatic hydroxyl groups is 1. The van der Waals surface area contributed by atoms with Crippen LogP contribution in [0.2, 0.25) is 5.02 Å². The molecule has 1 rings (SSSR count). The monoisotopic (exact) mass is 146 g/mol. The average molecular weight is 147 g/mol. The number of hydrogen-bond donors (Lipinski definition) is 1. The van der Waals surface area contributed by atoms with Crippen molar-refractivity contribution in [3.63, 3.8) is 0 Å². The number of aliphatic hydroxyl groups excluding tert-OH is 1. The maximum atomic E-state index is 8.57. The van der Waals surface area contributed by atoms with Gasteiger partial charge in [0.05, 0.1) is 11.6 Å². The first-order valence-electron chi connectivity index (χ1n) is 2.53. The van der Waals surface area contributed by atoms with E-state index in [1.54, 1.807) is 17.9 Å². The molecule has 0 spiro atoms. The van der Waals surface area contributed by atoms with Gasteiger partial charge in [-0.25, -0.2) is 0 Å². The summed E-state index contributed by atoms with van der Waals surface area (Å²) in [6.45, 7) is -0.0975. The van der Waals surface area contributed by atoms with Crippen molar-refractivity contribution in [2.45, 2.75) is 6.61 Å². The average Bonchev–Trinajstić information content (AvgIpc) is 2.10. The molecule has 0 saturated heterocycles. The number of aryl methyl sites for hydroxylation is 1. The Bertz CT molecular complexity index is 209. The maximum absolute atomic E-state index is 8.57. The number of halogens is 1. The van der Waals surface area contributed by atoms with Gasteiger partial charge in [0, 0.05) is 13.2 Å². The van der Waals surface area contributed by atoms with Crippen molar-refractivity contribution in [2.24, 2.45) is 7.05 Å². The van der Waals surface area contributed by atoms with Gasteiger partial charge in [-0.1, -0.05) is 11.6 Å². The minimum absolute atomic E-state index is 0.0975. The summed E-state index contributed by atoms with van der Waals surface area (Å²) in [5, 5.41) is 12.9. The number of nitrogens with zero attached hydrogens (tertiary/aromatic N) is 2. The molecule has 1 aromatic rings. The topological polar surface area (TPSA) is 38.0 Å². The predicted octanol–water partition coefficient (Wildman–Crippen LogP) is 0.566. The number of aromatic nitrogens is 2. The second kappa shape index (κ2) is 2.37. The number of hydrogen-bond acceptors (Lipinski definition) is 2. The zero-order valence-corrected chi connectivity index (χ0v) is 5.76. The van der Waals surface area contributed by atoms with E-state index in [-0.39, 0.29) is 6.61 Å². The Morgan fingerprint density at radius 2 is 2.56 bits per heavy atom. The molecule has 0 fully saturated rings. The van der Waals surface area contributed by atoms with Crippen LogP contribution in [0.1, 0.15) is 5.69 Å². The van der Waals surface area contributed by atoms with Crippen molar-refractivity contribution in [1.82, 2.24) is 9.78 Å². The van der Waals surface area contributed by atoms with Crippen LogP contribution in [0.4, 0.5) is 0 Å². The van der Waals surface area contributed by atoms with Gasteiger partial charge in [-0.15, -0.1) is 0 Å². The minimum Gasteiger partial charge on any atom is -0.390 e. The van der Waals surface area contributed by atoms with Crippen molar-refractivity contribution in [1.29, 1.82) is 0 Å². The molecule has 1 aromatic heterocycles. The summed E-state index contributed by atoms with van der Waals surface area (Å²) in [7, 11) is 1.76. The fraction of sp³-hybridized carbons (Fsp3) is 0.400. The summed E-state index contributed by atoms with van der Waals surface area (Å²) >= 11 is 5.60. The molecule has 0 bridgehead atoms. The van der Waals surface area contributed by atoms with Crippen LogP contribution in [-0.4, -0.2) is 14.9 Å². The van der Waals surface area contributed by atoms with Crippen LogP contribution in [0.5, 0.6) is 0 Å². The van der Waals surface area contributed by atoms with Gasteiger partial charge < -0.3 is 5.11 Å². The van der Waals surface area contributed by atoms with E-state index in [4.69, 9.17) is 16.7 Å². The molecule has 0 amide bonds. The first-order chi connectivity index (χ1) is 4.24. The second-order valence-electron chi connectivity index (χ2n) is 1.76. The largest absolute Gasteiger partial charge is 0.390 e. The summed E-state index contributed by atoms with van der Waals surface area (Å²) in [4.78, 5) is 0. The maximum Gasteiger partial charge on any atom is 0.106 e. The molecule has 9 heavy (non-hydrogen) atoms. The van der Waals surface area contributed by atoms with Crippen LogP contribution >= 0.6 is 11.6 Å². The lowest BCUT2D eigenvalue weighted by molar-refractivity contribution is 0.275. The smallest absolute Gasteiger partial charge is 0.106 e. The molecule has 4 heteroatoms. The SMILES string of the molecule is Cn1cc(Cl)c(CO)n1. The molecular weight excluding hydrogens is 140 g/mol. The highest BCUT2D eigenvalue weighted by Crippen LogP contribution is 2.11. The fourth-order valence-corrected chi connectivity index (χ4v) is 0.852. The molecule has 3 nitrogen and oxygen atoms in total. The van der Waals surface area contributed by atoms with E-state index < -0.39 is 0 Å². The van der Waals surface area contributed by atoms with Gasteiger partial charge in [0.15, 0.2) is 0 Å². The Labute approximate surface area is 57.9 Å². The van der Waals surface area contributed by atoms with Crippen molar-refractivity contribution in [3.8, 4) is 0 Å². The predicted molar refractivity (Wildman–Crippen MR) is 34.1 cm³/mol. The van der Waals surface area contributed by atoms with Gasteiger partial charge in [0.2, 0.25) is 0 Å². The summed E-state index contributed by atoms with van der Waals surface area (Å²) in [5.74, 6) is 0. The lowest BCUT2D eigenvalue weighted by atomic mass is 10.5. The summed E-state index contributed by atoms with van der Waals surface area (Å²) < 4.78 is 1.56. The van der Waals surface area contributed by atoms with Crippen LogP contribution < -0.4 is 0 Å². The Morgan fingerprint density at radius 1 is 1.89 bits per heavy atom. The quantitative estimate of drug-likeness (QED) is 0.629. The van der Waals surface area contributed by atoms with E-state index >= 15 is 0 Å². The summed E-state index contributed by atoms with van der Waals surface area (Å²) in [6.07, 6.45) is 1.65. The second-order valence-corrected chi connectivity index (χ2v) is 2.16. The zero-order chi connectivity index (χ0) is 6.85. The van der Waals surface area contributed by atoms with Crippen LogP contribution in [0.15, 0.2) is 6.20 Å². The molecule has 1 heterocycles. The first kappa shape index (κ1) is 6.58. The Balaban J connectivity index is 3.01. The van der Waals surface area contributed by atoms with E-state index in [2.05, 4.69) is 5.10 Å². The molecule has 0 aliphatic heterocycles.